The molecule has 1 aromatic carbocycles. The smallest absolute Gasteiger partial charge is 0.266 e. The van der Waals surface area contributed by atoms with Crippen LogP contribution in [0.5, 0.6) is 11.5 Å². The number of unbranched alkanes of at least 4 members (excludes halogenated alkanes) is 2. The van der Waals surface area contributed by atoms with E-state index in [1.165, 1.54) is 0 Å². The second-order valence-corrected chi connectivity index (χ2v) is 6.76. The lowest BCUT2D eigenvalue weighted by Gasteiger charge is -2.32. The molecule has 0 spiro atoms. The van der Waals surface area contributed by atoms with Gasteiger partial charge in [-0.1, -0.05) is 39.7 Å². The van der Waals surface area contributed by atoms with Gasteiger partial charge in [0.1, 0.15) is 11.5 Å². The number of hydrogen-bond donors (Lipinski definition) is 1. The topological polar surface area (TPSA) is 49.8 Å². The molecule has 24 heavy (non-hydrogen) atoms. The van der Waals surface area contributed by atoms with Crippen molar-refractivity contribution in [2.45, 2.75) is 72.3 Å². The number of aromatic hydroxyl groups is 1. The molecule has 1 N–H and O–H groups in total. The molecule has 0 unspecified atom stereocenters. The fraction of sp³-hybridized carbons (Fsp3) is 0.650. The third-order valence-electron chi connectivity index (χ3n) is 4.18. The van der Waals surface area contributed by atoms with E-state index in [2.05, 4.69) is 13.8 Å². The molecule has 136 valence electrons. The molecule has 0 fully saturated rings. The van der Waals surface area contributed by atoms with Crippen molar-refractivity contribution in [2.24, 2.45) is 0 Å². The molecule has 0 aromatic heterocycles. The van der Waals surface area contributed by atoms with Crippen molar-refractivity contribution in [3.63, 3.8) is 0 Å². The molecule has 0 saturated heterocycles. The van der Waals surface area contributed by atoms with Crippen LogP contribution in [0.15, 0.2) is 18.2 Å². The Kier molecular flexibility index (Phi) is 8.09. The van der Waals surface area contributed by atoms with E-state index in [9.17, 15) is 9.90 Å². The highest BCUT2D eigenvalue weighted by atomic mass is 16.5. The molecule has 0 bridgehead atoms. The maximum atomic E-state index is 12.9. The number of amides is 1. The monoisotopic (exact) mass is 335 g/mol. The molecule has 4 heteroatoms. The first-order valence-electron chi connectivity index (χ1n) is 9.15. The minimum atomic E-state index is -0.957. The summed E-state index contributed by atoms with van der Waals surface area (Å²) in [5.41, 5.74) is -0.0826. The van der Waals surface area contributed by atoms with Crippen molar-refractivity contribution >= 4 is 5.91 Å². The van der Waals surface area contributed by atoms with Crippen LogP contribution >= 0.6 is 0 Å². The maximum Gasteiger partial charge on any atom is 0.266 e. The molecule has 1 aromatic rings. The lowest BCUT2D eigenvalue weighted by atomic mass is 10.1. The van der Waals surface area contributed by atoms with Gasteiger partial charge in [-0.25, -0.2) is 0 Å². The summed E-state index contributed by atoms with van der Waals surface area (Å²) in [6.07, 6.45) is 4.87. The van der Waals surface area contributed by atoms with Crippen LogP contribution in [-0.2, 0) is 11.2 Å². The molecule has 4 nitrogen and oxygen atoms in total. The zero-order chi connectivity index (χ0) is 18.2. The van der Waals surface area contributed by atoms with Crippen LogP contribution in [0.25, 0.3) is 0 Å². The molecular weight excluding hydrogens is 302 g/mol. The van der Waals surface area contributed by atoms with Crippen molar-refractivity contribution in [3.8, 4) is 11.5 Å². The summed E-state index contributed by atoms with van der Waals surface area (Å²) in [6, 6.07) is 5.25. The fourth-order valence-electron chi connectivity index (χ4n) is 2.64. The van der Waals surface area contributed by atoms with Gasteiger partial charge in [-0.2, -0.15) is 0 Å². The molecule has 1 rings (SSSR count). The molecule has 0 aliphatic heterocycles. The van der Waals surface area contributed by atoms with Crippen LogP contribution in [0, 0.1) is 0 Å². The molecule has 0 aliphatic rings. The summed E-state index contributed by atoms with van der Waals surface area (Å²) in [5, 5.41) is 9.99. The largest absolute Gasteiger partial charge is 0.508 e. The molecule has 0 heterocycles. The molecule has 0 atom stereocenters. The van der Waals surface area contributed by atoms with Gasteiger partial charge in [0.2, 0.25) is 0 Å². The average molecular weight is 335 g/mol. The van der Waals surface area contributed by atoms with E-state index in [-0.39, 0.29) is 11.7 Å². The predicted octanol–water partition coefficient (Wildman–Crippen LogP) is 4.54. The van der Waals surface area contributed by atoms with Gasteiger partial charge in [0, 0.05) is 19.2 Å². The number of hydrogen-bond acceptors (Lipinski definition) is 3. The zero-order valence-electron chi connectivity index (χ0n) is 15.9. The summed E-state index contributed by atoms with van der Waals surface area (Å²) in [7, 11) is 0. The first-order chi connectivity index (χ1) is 11.4. The van der Waals surface area contributed by atoms with Crippen LogP contribution in [-0.4, -0.2) is 34.6 Å². The number of aryl methyl sites for hydroxylation is 1. The summed E-state index contributed by atoms with van der Waals surface area (Å²) in [4.78, 5) is 14.8. The van der Waals surface area contributed by atoms with Gasteiger partial charge >= 0.3 is 0 Å². The minimum absolute atomic E-state index is 0.00320. The van der Waals surface area contributed by atoms with Gasteiger partial charge in [-0.3, -0.25) is 4.79 Å². The summed E-state index contributed by atoms with van der Waals surface area (Å²) >= 11 is 0. The maximum absolute atomic E-state index is 12.9. The number of carbonyl (C=O) groups is 1. The van der Waals surface area contributed by atoms with Crippen LogP contribution in [0.3, 0.4) is 0 Å². The van der Waals surface area contributed by atoms with Gasteiger partial charge in [0.05, 0.1) is 0 Å². The number of phenols is 1. The predicted molar refractivity (Wildman–Crippen MR) is 98.6 cm³/mol. The molecule has 0 radical (unpaired) electrons. The normalized spacial score (nSPS) is 11.4. The third-order valence-corrected chi connectivity index (χ3v) is 4.18. The lowest BCUT2D eigenvalue weighted by Crippen LogP contribution is -2.49. The van der Waals surface area contributed by atoms with E-state index in [0.29, 0.717) is 5.75 Å². The van der Waals surface area contributed by atoms with Gasteiger partial charge in [0.15, 0.2) is 5.60 Å². The first-order valence-corrected chi connectivity index (χ1v) is 9.15. The second kappa shape index (κ2) is 9.55. The quantitative estimate of drug-likeness (QED) is 0.683. The van der Waals surface area contributed by atoms with Crippen molar-refractivity contribution in [1.82, 2.24) is 4.90 Å². The van der Waals surface area contributed by atoms with E-state index in [4.69, 9.17) is 4.74 Å². The Labute approximate surface area is 146 Å². The Balaban J connectivity index is 2.86. The highest BCUT2D eigenvalue weighted by molar-refractivity contribution is 5.84. The van der Waals surface area contributed by atoms with E-state index >= 15 is 0 Å². The SMILES string of the molecule is CCCCN(CCCC)C(=O)C(C)(C)Oc1ccc(CC)c(O)c1. The Morgan fingerprint density at radius 2 is 1.71 bits per heavy atom. The van der Waals surface area contributed by atoms with Crippen molar-refractivity contribution in [1.29, 1.82) is 0 Å². The van der Waals surface area contributed by atoms with Crippen molar-refractivity contribution < 1.29 is 14.6 Å². The van der Waals surface area contributed by atoms with Gasteiger partial charge in [-0.15, -0.1) is 0 Å². The van der Waals surface area contributed by atoms with E-state index in [1.807, 2.05) is 24.0 Å². The lowest BCUT2D eigenvalue weighted by molar-refractivity contribution is -0.145. The molecule has 0 aliphatic carbocycles. The third kappa shape index (κ3) is 5.73. The number of nitrogens with zero attached hydrogens (tertiary/aromatic N) is 1. The molecule has 1 amide bonds. The Hall–Kier alpha value is -1.71. The first kappa shape index (κ1) is 20.3. The van der Waals surface area contributed by atoms with Crippen LogP contribution in [0.2, 0.25) is 0 Å². The fourth-order valence-corrected chi connectivity index (χ4v) is 2.64. The van der Waals surface area contributed by atoms with Crippen LogP contribution < -0.4 is 4.74 Å². The zero-order valence-corrected chi connectivity index (χ0v) is 15.9. The number of carbonyl (C=O) groups excluding carboxylic acids is 1. The van der Waals surface area contributed by atoms with Gasteiger partial charge in [0.25, 0.3) is 5.91 Å². The van der Waals surface area contributed by atoms with E-state index < -0.39 is 5.60 Å². The summed E-state index contributed by atoms with van der Waals surface area (Å²) in [6.45, 7) is 11.4. The standard InChI is InChI=1S/C20H33NO3/c1-6-9-13-21(14-10-7-2)19(23)20(4,5)24-17-12-11-16(8-3)18(22)15-17/h11-12,15,22H,6-10,13-14H2,1-5H3. The van der Waals surface area contributed by atoms with E-state index in [0.717, 1.165) is 50.8 Å². The number of rotatable bonds is 10. The Bertz CT molecular complexity index is 518. The highest BCUT2D eigenvalue weighted by Gasteiger charge is 2.34. The molecule has 0 saturated carbocycles. The van der Waals surface area contributed by atoms with Crippen LogP contribution in [0.1, 0.15) is 65.9 Å². The van der Waals surface area contributed by atoms with E-state index in [1.54, 1.807) is 19.9 Å². The van der Waals surface area contributed by atoms with Gasteiger partial charge < -0.3 is 14.7 Å². The minimum Gasteiger partial charge on any atom is -0.508 e. The Morgan fingerprint density at radius 3 is 2.17 bits per heavy atom. The average Bonchev–Trinajstić information content (AvgIpc) is 2.54. The highest BCUT2D eigenvalue weighted by Crippen LogP contribution is 2.27. The number of ether oxygens (including phenoxy) is 1. The summed E-state index contributed by atoms with van der Waals surface area (Å²) < 4.78 is 5.93. The van der Waals surface area contributed by atoms with Gasteiger partial charge in [-0.05, 0) is 44.7 Å². The second-order valence-electron chi connectivity index (χ2n) is 6.76. The number of benzene rings is 1. The number of phenolic OH excluding ortho intramolecular Hbond substituents is 1. The molecular formula is C20H33NO3. The Morgan fingerprint density at radius 1 is 1.12 bits per heavy atom. The van der Waals surface area contributed by atoms with Crippen LogP contribution in [0.4, 0.5) is 0 Å². The van der Waals surface area contributed by atoms with Crippen molar-refractivity contribution in [2.75, 3.05) is 13.1 Å². The summed E-state index contributed by atoms with van der Waals surface area (Å²) in [5.74, 6) is 0.740. The van der Waals surface area contributed by atoms with Crippen molar-refractivity contribution in [3.05, 3.63) is 23.8 Å².